The monoisotopic (exact) mass is 461 g/mol. The Labute approximate surface area is 197 Å². The maximum absolute atomic E-state index is 14.4. The Balaban J connectivity index is 1.65. The van der Waals surface area contributed by atoms with Gasteiger partial charge in [-0.25, -0.2) is 13.5 Å². The molecular formula is C27H25F2N3O2. The molecule has 3 aromatic carbocycles. The summed E-state index contributed by atoms with van der Waals surface area (Å²) in [6.45, 7) is 5.72. The molecule has 0 unspecified atom stereocenters. The minimum atomic E-state index is -0.821. The summed E-state index contributed by atoms with van der Waals surface area (Å²) in [7, 11) is 0. The third-order valence-corrected chi connectivity index (χ3v) is 5.39. The Morgan fingerprint density at radius 3 is 2.41 bits per heavy atom. The summed E-state index contributed by atoms with van der Waals surface area (Å²) in [5.74, 6) is -1.51. The van der Waals surface area contributed by atoms with Crippen molar-refractivity contribution in [1.29, 1.82) is 0 Å². The molecule has 0 fully saturated rings. The minimum absolute atomic E-state index is 0.124. The standard InChI is InChI=1S/C27H25F2N3O2/c1-17-6-4-8-21(14-17)30-26(33)13-11-23-19(3)31-32(22-9-5-7-18(2)15-22)27(23)34-25-12-10-20(28)16-24(25)29/h4-10,12,14-16H,11,13H2,1-3H3,(H,30,33). The van der Waals surface area contributed by atoms with Crippen LogP contribution in [0.3, 0.4) is 0 Å². The van der Waals surface area contributed by atoms with E-state index in [1.54, 1.807) is 4.68 Å². The van der Waals surface area contributed by atoms with E-state index < -0.39 is 11.6 Å². The number of hydrogen-bond donors (Lipinski definition) is 1. The van der Waals surface area contributed by atoms with Crippen LogP contribution in [0.1, 0.15) is 28.8 Å². The number of benzene rings is 3. The normalized spacial score (nSPS) is 10.9. The number of anilines is 1. The predicted octanol–water partition coefficient (Wildman–Crippen LogP) is 6.44. The summed E-state index contributed by atoms with van der Waals surface area (Å²) in [4.78, 5) is 12.6. The molecule has 1 amide bonds. The van der Waals surface area contributed by atoms with Crippen molar-refractivity contribution < 1.29 is 18.3 Å². The maximum atomic E-state index is 14.4. The van der Waals surface area contributed by atoms with Crippen LogP contribution in [0.5, 0.6) is 11.6 Å². The van der Waals surface area contributed by atoms with E-state index >= 15 is 0 Å². The molecule has 0 saturated carbocycles. The lowest BCUT2D eigenvalue weighted by Crippen LogP contribution is -2.12. The zero-order valence-corrected chi connectivity index (χ0v) is 19.2. The number of nitrogens with one attached hydrogen (secondary N) is 1. The van der Waals surface area contributed by atoms with E-state index in [1.807, 2.05) is 69.3 Å². The first kappa shape index (κ1) is 23.2. The number of amides is 1. The van der Waals surface area contributed by atoms with Gasteiger partial charge in [0.2, 0.25) is 11.8 Å². The van der Waals surface area contributed by atoms with Gasteiger partial charge in [0.25, 0.3) is 0 Å². The topological polar surface area (TPSA) is 56.2 Å². The molecule has 0 saturated heterocycles. The van der Waals surface area contributed by atoms with E-state index in [4.69, 9.17) is 4.74 Å². The van der Waals surface area contributed by atoms with E-state index in [0.717, 1.165) is 34.6 Å². The molecule has 5 nitrogen and oxygen atoms in total. The number of nitrogens with zero attached hydrogens (tertiary/aromatic N) is 2. The fourth-order valence-electron chi connectivity index (χ4n) is 3.71. The highest BCUT2D eigenvalue weighted by atomic mass is 19.1. The molecule has 1 heterocycles. The third kappa shape index (κ3) is 5.31. The highest BCUT2D eigenvalue weighted by Crippen LogP contribution is 2.33. The molecule has 0 aliphatic carbocycles. The van der Waals surface area contributed by atoms with E-state index in [-0.39, 0.29) is 24.0 Å². The Morgan fingerprint density at radius 2 is 1.71 bits per heavy atom. The van der Waals surface area contributed by atoms with Crippen LogP contribution in [0.4, 0.5) is 14.5 Å². The van der Waals surface area contributed by atoms with Gasteiger partial charge in [-0.1, -0.05) is 24.3 Å². The van der Waals surface area contributed by atoms with Crippen molar-refractivity contribution in [2.24, 2.45) is 0 Å². The number of aryl methyl sites for hydroxylation is 3. The van der Waals surface area contributed by atoms with Gasteiger partial charge in [-0.3, -0.25) is 4.79 Å². The second-order valence-corrected chi connectivity index (χ2v) is 8.21. The van der Waals surface area contributed by atoms with Gasteiger partial charge >= 0.3 is 0 Å². The molecule has 0 radical (unpaired) electrons. The average molecular weight is 462 g/mol. The van der Waals surface area contributed by atoms with Gasteiger partial charge < -0.3 is 10.1 Å². The number of aromatic nitrogens is 2. The van der Waals surface area contributed by atoms with Crippen molar-refractivity contribution in [1.82, 2.24) is 9.78 Å². The molecule has 0 aliphatic heterocycles. The SMILES string of the molecule is Cc1cccc(NC(=O)CCc2c(C)nn(-c3cccc(C)c3)c2Oc2ccc(F)cc2F)c1. The van der Waals surface area contributed by atoms with Crippen LogP contribution in [0.25, 0.3) is 5.69 Å². The Kier molecular flexibility index (Phi) is 6.72. The van der Waals surface area contributed by atoms with Gasteiger partial charge in [0.05, 0.1) is 11.4 Å². The van der Waals surface area contributed by atoms with Crippen LogP contribution < -0.4 is 10.1 Å². The largest absolute Gasteiger partial charge is 0.436 e. The predicted molar refractivity (Wildman–Crippen MR) is 128 cm³/mol. The summed E-state index contributed by atoms with van der Waals surface area (Å²) in [5, 5.41) is 7.50. The van der Waals surface area contributed by atoms with Crippen LogP contribution in [0, 0.1) is 32.4 Å². The zero-order valence-electron chi connectivity index (χ0n) is 19.2. The molecule has 0 aliphatic rings. The fraction of sp³-hybridized carbons (Fsp3) is 0.185. The summed E-state index contributed by atoms with van der Waals surface area (Å²) in [6, 6.07) is 18.3. The van der Waals surface area contributed by atoms with Gasteiger partial charge in [0.15, 0.2) is 11.6 Å². The Bertz CT molecular complexity index is 1350. The third-order valence-electron chi connectivity index (χ3n) is 5.39. The molecule has 1 aromatic heterocycles. The van der Waals surface area contributed by atoms with E-state index in [1.165, 1.54) is 6.07 Å². The van der Waals surface area contributed by atoms with E-state index in [9.17, 15) is 13.6 Å². The number of rotatable bonds is 7. The van der Waals surface area contributed by atoms with Crippen molar-refractivity contribution in [3.8, 4) is 17.3 Å². The van der Waals surface area contributed by atoms with Gasteiger partial charge in [0, 0.05) is 23.7 Å². The van der Waals surface area contributed by atoms with Crippen molar-refractivity contribution in [3.05, 3.63) is 101 Å². The van der Waals surface area contributed by atoms with Crippen LogP contribution in [-0.2, 0) is 11.2 Å². The van der Waals surface area contributed by atoms with Crippen molar-refractivity contribution >= 4 is 11.6 Å². The summed E-state index contributed by atoms with van der Waals surface area (Å²) >= 11 is 0. The number of carbonyl (C=O) groups is 1. The minimum Gasteiger partial charge on any atom is -0.436 e. The molecule has 174 valence electrons. The highest BCUT2D eigenvalue weighted by Gasteiger charge is 2.21. The lowest BCUT2D eigenvalue weighted by molar-refractivity contribution is -0.116. The second-order valence-electron chi connectivity index (χ2n) is 8.21. The second kappa shape index (κ2) is 9.87. The van der Waals surface area contributed by atoms with Crippen LogP contribution in [-0.4, -0.2) is 15.7 Å². The fourth-order valence-corrected chi connectivity index (χ4v) is 3.71. The molecule has 0 bridgehead atoms. The smallest absolute Gasteiger partial charge is 0.226 e. The van der Waals surface area contributed by atoms with Crippen molar-refractivity contribution in [2.45, 2.75) is 33.6 Å². The first-order chi connectivity index (χ1) is 16.3. The molecule has 0 spiro atoms. The lowest BCUT2D eigenvalue weighted by atomic mass is 10.1. The van der Waals surface area contributed by atoms with Crippen LogP contribution in [0.15, 0.2) is 66.7 Å². The van der Waals surface area contributed by atoms with E-state index in [0.29, 0.717) is 17.7 Å². The van der Waals surface area contributed by atoms with Crippen molar-refractivity contribution in [2.75, 3.05) is 5.32 Å². The molecule has 4 aromatic rings. The molecule has 0 atom stereocenters. The molecule has 4 rings (SSSR count). The molecule has 7 heteroatoms. The Morgan fingerprint density at radius 1 is 0.971 bits per heavy atom. The van der Waals surface area contributed by atoms with Gasteiger partial charge in [-0.2, -0.15) is 5.10 Å². The van der Waals surface area contributed by atoms with Crippen LogP contribution >= 0.6 is 0 Å². The number of ether oxygens (including phenoxy) is 1. The van der Waals surface area contributed by atoms with Gasteiger partial charge in [-0.05, 0) is 74.7 Å². The van der Waals surface area contributed by atoms with E-state index in [2.05, 4.69) is 10.4 Å². The van der Waals surface area contributed by atoms with Gasteiger partial charge in [0.1, 0.15) is 5.82 Å². The first-order valence-corrected chi connectivity index (χ1v) is 10.9. The quantitative estimate of drug-likeness (QED) is 0.345. The first-order valence-electron chi connectivity index (χ1n) is 10.9. The average Bonchev–Trinajstić information content (AvgIpc) is 3.09. The van der Waals surface area contributed by atoms with Gasteiger partial charge in [-0.15, -0.1) is 0 Å². The number of hydrogen-bond acceptors (Lipinski definition) is 3. The molecule has 1 N–H and O–H groups in total. The number of carbonyl (C=O) groups excluding carboxylic acids is 1. The zero-order chi connectivity index (χ0) is 24.2. The Hall–Kier alpha value is -4.00. The highest BCUT2D eigenvalue weighted by molar-refractivity contribution is 5.90. The molecule has 34 heavy (non-hydrogen) atoms. The summed E-state index contributed by atoms with van der Waals surface area (Å²) < 4.78 is 35.3. The van der Waals surface area contributed by atoms with Crippen LogP contribution in [0.2, 0.25) is 0 Å². The summed E-state index contributed by atoms with van der Waals surface area (Å²) in [5.41, 5.74) is 4.85. The maximum Gasteiger partial charge on any atom is 0.226 e. The number of halogens is 2. The van der Waals surface area contributed by atoms with Crippen molar-refractivity contribution in [3.63, 3.8) is 0 Å². The molecular weight excluding hydrogens is 436 g/mol. The summed E-state index contributed by atoms with van der Waals surface area (Å²) in [6.07, 6.45) is 0.504. The lowest BCUT2D eigenvalue weighted by Gasteiger charge is -2.13.